The Morgan fingerprint density at radius 2 is 2.00 bits per heavy atom. The van der Waals surface area contributed by atoms with Crippen LogP contribution in [0.2, 0.25) is 0 Å². The Morgan fingerprint density at radius 1 is 1.34 bits per heavy atom. The summed E-state index contributed by atoms with van der Waals surface area (Å²) in [7, 11) is -3.27. The average Bonchev–Trinajstić information content (AvgIpc) is 3.09. The normalized spacial score (nSPS) is 23.2. The average molecular weight is 485 g/mol. The second-order valence-electron chi connectivity index (χ2n) is 7.49. The summed E-state index contributed by atoms with van der Waals surface area (Å²) in [6.07, 6.45) is -2.12. The number of piperidine rings is 1. The Bertz CT molecular complexity index is 910. The summed E-state index contributed by atoms with van der Waals surface area (Å²) in [4.78, 5) is 27.1. The van der Waals surface area contributed by atoms with Gasteiger partial charge in [-0.2, -0.15) is 13.2 Å². The lowest BCUT2D eigenvalue weighted by atomic mass is 9.84. The van der Waals surface area contributed by atoms with Crippen LogP contribution < -0.4 is 4.72 Å². The minimum atomic E-state index is -5.08. The van der Waals surface area contributed by atoms with Crippen molar-refractivity contribution in [3.63, 3.8) is 0 Å². The molecule has 2 fully saturated rings. The molecule has 14 heteroatoms. The van der Waals surface area contributed by atoms with Crippen molar-refractivity contribution in [1.82, 2.24) is 14.6 Å². The molecule has 9 nitrogen and oxygen atoms in total. The monoisotopic (exact) mass is 485 g/mol. The first-order chi connectivity index (χ1) is 14.8. The first-order valence-corrected chi connectivity index (χ1v) is 11.4. The number of carbonyl (C=O) groups excluding carboxylic acids is 1. The van der Waals surface area contributed by atoms with Gasteiger partial charge in [0.2, 0.25) is 15.9 Å². The summed E-state index contributed by atoms with van der Waals surface area (Å²) in [5.74, 6) is -2.78. The maximum atomic E-state index is 12.9. The van der Waals surface area contributed by atoms with Crippen molar-refractivity contribution in [2.75, 3.05) is 32.5 Å². The molecular weight excluding hydrogens is 462 g/mol. The highest BCUT2D eigenvalue weighted by Crippen LogP contribution is 2.34. The molecule has 180 valence electrons. The first kappa shape index (κ1) is 25.9. The summed E-state index contributed by atoms with van der Waals surface area (Å²) in [6, 6.07) is 2.80. The lowest BCUT2D eigenvalue weighted by Crippen LogP contribution is -2.47. The van der Waals surface area contributed by atoms with Crippen LogP contribution in [0.1, 0.15) is 12.1 Å². The molecule has 3 atom stereocenters. The second-order valence-corrected chi connectivity index (χ2v) is 9.33. The van der Waals surface area contributed by atoms with E-state index in [9.17, 15) is 30.8 Å². The van der Waals surface area contributed by atoms with Gasteiger partial charge in [-0.1, -0.05) is 0 Å². The van der Waals surface area contributed by atoms with Crippen molar-refractivity contribution in [3.8, 4) is 0 Å². The molecule has 0 radical (unpaired) electrons. The van der Waals surface area contributed by atoms with Crippen LogP contribution in [-0.4, -0.2) is 80.1 Å². The van der Waals surface area contributed by atoms with Crippen LogP contribution in [0.15, 0.2) is 18.3 Å². The minimum Gasteiger partial charge on any atom is -0.475 e. The number of sulfonamides is 1. The lowest BCUT2D eigenvalue weighted by molar-refractivity contribution is -0.192. The third-order valence-electron chi connectivity index (χ3n) is 5.07. The van der Waals surface area contributed by atoms with Crippen LogP contribution in [0, 0.1) is 17.7 Å². The Morgan fingerprint density at radius 3 is 2.53 bits per heavy atom. The fourth-order valence-electron chi connectivity index (χ4n) is 3.48. The number of amides is 1. The molecular formula is C18H23F4N3O6S. The van der Waals surface area contributed by atoms with Gasteiger partial charge in [-0.05, 0) is 24.5 Å². The van der Waals surface area contributed by atoms with Gasteiger partial charge in [-0.25, -0.2) is 22.3 Å². The third-order valence-corrected chi connectivity index (χ3v) is 5.76. The SMILES string of the molecule is CS(=O)(=O)NC[C@H]1OC[C@@H]2CCN(C(=O)Cc3ccc(F)cn3)C[C@@H]21.O=C(O)C(F)(F)F. The number of nitrogens with zero attached hydrogens (tertiary/aromatic N) is 2. The largest absolute Gasteiger partial charge is 0.490 e. The van der Waals surface area contributed by atoms with E-state index in [1.54, 1.807) is 4.90 Å². The van der Waals surface area contributed by atoms with E-state index < -0.39 is 28.0 Å². The number of carbonyl (C=O) groups is 2. The zero-order chi connectivity index (χ0) is 24.1. The zero-order valence-corrected chi connectivity index (χ0v) is 17.8. The van der Waals surface area contributed by atoms with Gasteiger partial charge >= 0.3 is 12.1 Å². The number of aliphatic carboxylic acids is 1. The quantitative estimate of drug-likeness (QED) is 0.591. The zero-order valence-electron chi connectivity index (χ0n) is 17.0. The number of ether oxygens (including phenoxy) is 1. The van der Waals surface area contributed by atoms with Crippen LogP contribution in [0.3, 0.4) is 0 Å². The summed E-state index contributed by atoms with van der Waals surface area (Å²) in [5, 5.41) is 7.12. The molecule has 3 rings (SSSR count). The molecule has 0 aromatic carbocycles. The number of aromatic nitrogens is 1. The number of nitrogens with one attached hydrogen (secondary N) is 1. The van der Waals surface area contributed by atoms with Crippen molar-refractivity contribution in [2.24, 2.45) is 11.8 Å². The third kappa shape index (κ3) is 7.98. The van der Waals surface area contributed by atoms with E-state index >= 15 is 0 Å². The van der Waals surface area contributed by atoms with Crippen molar-refractivity contribution in [2.45, 2.75) is 25.1 Å². The Kier molecular flexibility index (Phi) is 8.54. The molecule has 1 aromatic rings. The fraction of sp³-hybridized carbons (Fsp3) is 0.611. The van der Waals surface area contributed by atoms with Crippen molar-refractivity contribution < 1.29 is 45.4 Å². The highest BCUT2D eigenvalue weighted by molar-refractivity contribution is 7.88. The van der Waals surface area contributed by atoms with Crippen LogP contribution in [-0.2, 0) is 30.8 Å². The number of carboxylic acid groups (broad SMARTS) is 1. The number of hydrogen-bond donors (Lipinski definition) is 2. The summed E-state index contributed by atoms with van der Waals surface area (Å²) < 4.78 is 75.4. The summed E-state index contributed by atoms with van der Waals surface area (Å²) in [6.45, 7) is 2.02. The molecule has 32 heavy (non-hydrogen) atoms. The maximum Gasteiger partial charge on any atom is 0.490 e. The molecule has 2 saturated heterocycles. The Hall–Kier alpha value is -2.32. The van der Waals surface area contributed by atoms with Crippen molar-refractivity contribution in [1.29, 1.82) is 0 Å². The number of carboxylic acids is 1. The smallest absolute Gasteiger partial charge is 0.475 e. The van der Waals surface area contributed by atoms with E-state index in [4.69, 9.17) is 14.6 Å². The van der Waals surface area contributed by atoms with Gasteiger partial charge in [-0.15, -0.1) is 0 Å². The van der Waals surface area contributed by atoms with Crippen LogP contribution in [0.5, 0.6) is 0 Å². The Balaban J connectivity index is 0.000000451. The van der Waals surface area contributed by atoms with E-state index in [-0.39, 0.29) is 30.9 Å². The van der Waals surface area contributed by atoms with Crippen LogP contribution in [0.25, 0.3) is 0 Å². The van der Waals surface area contributed by atoms with E-state index in [0.717, 1.165) is 18.9 Å². The van der Waals surface area contributed by atoms with Gasteiger partial charge in [0, 0.05) is 31.2 Å². The van der Waals surface area contributed by atoms with E-state index in [1.165, 1.54) is 12.1 Å². The van der Waals surface area contributed by atoms with Gasteiger partial charge < -0.3 is 14.7 Å². The number of pyridine rings is 1. The number of rotatable bonds is 5. The Labute approximate surface area is 181 Å². The van der Waals surface area contributed by atoms with Crippen LogP contribution >= 0.6 is 0 Å². The molecule has 1 amide bonds. The minimum absolute atomic E-state index is 0.0562. The van der Waals surface area contributed by atoms with Crippen LogP contribution in [0.4, 0.5) is 17.6 Å². The topological polar surface area (TPSA) is 126 Å². The molecule has 0 spiro atoms. The first-order valence-electron chi connectivity index (χ1n) is 9.51. The fourth-order valence-corrected chi connectivity index (χ4v) is 3.94. The predicted octanol–water partition coefficient (Wildman–Crippen LogP) is 0.809. The number of fused-ring (bicyclic) bond motifs is 1. The van der Waals surface area contributed by atoms with Gasteiger partial charge in [0.15, 0.2) is 0 Å². The molecule has 2 N–H and O–H groups in total. The number of hydrogen-bond acceptors (Lipinski definition) is 6. The molecule has 0 aliphatic carbocycles. The highest BCUT2D eigenvalue weighted by atomic mass is 32.2. The lowest BCUT2D eigenvalue weighted by Gasteiger charge is -2.36. The number of alkyl halides is 3. The van der Waals surface area contributed by atoms with Gasteiger partial charge in [0.25, 0.3) is 0 Å². The van der Waals surface area contributed by atoms with E-state index in [1.807, 2.05) is 0 Å². The van der Waals surface area contributed by atoms with Gasteiger partial charge in [-0.3, -0.25) is 9.78 Å². The summed E-state index contributed by atoms with van der Waals surface area (Å²) >= 11 is 0. The molecule has 1 aromatic heterocycles. The molecule has 0 bridgehead atoms. The number of halogens is 4. The second kappa shape index (κ2) is 10.5. The maximum absolute atomic E-state index is 12.9. The number of likely N-dealkylation sites (tertiary alicyclic amines) is 1. The highest BCUT2D eigenvalue weighted by Gasteiger charge is 2.42. The van der Waals surface area contributed by atoms with Crippen molar-refractivity contribution >= 4 is 21.9 Å². The molecule has 2 aliphatic rings. The molecule has 0 unspecified atom stereocenters. The predicted molar refractivity (Wildman–Crippen MR) is 102 cm³/mol. The molecule has 2 aliphatic heterocycles. The standard InChI is InChI=1S/C16H22FN3O4S.C2HF3O2/c1-25(22,23)19-8-15-14-9-20(5-4-11(14)10-24-15)16(21)6-13-3-2-12(17)7-18-13;3-2(4,5)1(6)7/h2-3,7,11,14-15,19H,4-6,8-10H2,1H3;(H,6,7)/t11-,14-,15+;/m0./s1. The molecule has 0 saturated carbocycles. The van der Waals surface area contributed by atoms with Gasteiger partial charge in [0.05, 0.1) is 31.6 Å². The van der Waals surface area contributed by atoms with E-state index in [0.29, 0.717) is 31.3 Å². The van der Waals surface area contributed by atoms with Gasteiger partial charge in [0.1, 0.15) is 5.82 Å². The summed E-state index contributed by atoms with van der Waals surface area (Å²) in [5.41, 5.74) is 0.534. The van der Waals surface area contributed by atoms with E-state index in [2.05, 4.69) is 9.71 Å². The molecule has 3 heterocycles. The van der Waals surface area contributed by atoms with Crippen molar-refractivity contribution in [3.05, 3.63) is 29.8 Å².